The maximum atomic E-state index is 11.8. The largest absolute Gasteiger partial charge is 0.493 e. The van der Waals surface area contributed by atoms with Crippen LogP contribution < -0.4 is 10.1 Å². The number of rotatable bonds is 8. The molecule has 0 aliphatic rings. The Bertz CT molecular complexity index is 742. The van der Waals surface area contributed by atoms with Crippen molar-refractivity contribution in [1.29, 1.82) is 0 Å². The van der Waals surface area contributed by atoms with Crippen LogP contribution >= 0.6 is 0 Å². The Morgan fingerprint density at radius 2 is 1.76 bits per heavy atom. The van der Waals surface area contributed by atoms with E-state index in [4.69, 9.17) is 9.47 Å². The van der Waals surface area contributed by atoms with Crippen molar-refractivity contribution in [3.05, 3.63) is 60.2 Å². The highest BCUT2D eigenvalue weighted by atomic mass is 16.5. The van der Waals surface area contributed by atoms with Crippen LogP contribution in [0.25, 0.3) is 0 Å². The number of Topliss-reactive ketones (excluding diaryl/α,β-unsaturated/α-hetero) is 1. The summed E-state index contributed by atoms with van der Waals surface area (Å²) in [6, 6.07) is 15.6. The quantitative estimate of drug-likeness (QED) is 0.590. The third-order valence-electron chi connectivity index (χ3n) is 3.24. The number of ether oxygens (including phenoxy) is 2. The summed E-state index contributed by atoms with van der Waals surface area (Å²) in [4.78, 5) is 34.7. The average Bonchev–Trinajstić information content (AvgIpc) is 2.61. The third kappa shape index (κ3) is 6.47. The van der Waals surface area contributed by atoms with Gasteiger partial charge in [-0.15, -0.1) is 0 Å². The number of esters is 1. The van der Waals surface area contributed by atoms with Gasteiger partial charge in [0, 0.05) is 11.3 Å². The molecule has 0 saturated carbocycles. The van der Waals surface area contributed by atoms with Crippen LogP contribution in [0, 0.1) is 0 Å². The fourth-order valence-electron chi connectivity index (χ4n) is 2.00. The van der Waals surface area contributed by atoms with E-state index in [2.05, 4.69) is 5.32 Å². The summed E-state index contributed by atoms with van der Waals surface area (Å²) < 4.78 is 10.3. The van der Waals surface area contributed by atoms with Crippen LogP contribution in [0.3, 0.4) is 0 Å². The smallest absolute Gasteiger partial charge is 0.309 e. The summed E-state index contributed by atoms with van der Waals surface area (Å²) in [5.41, 5.74) is 0.967. The molecule has 0 fully saturated rings. The number of anilines is 1. The van der Waals surface area contributed by atoms with Crippen LogP contribution in [0.1, 0.15) is 23.7 Å². The monoisotopic (exact) mass is 341 g/mol. The Kier molecular flexibility index (Phi) is 6.71. The minimum absolute atomic E-state index is 0.0436. The van der Waals surface area contributed by atoms with Gasteiger partial charge in [-0.05, 0) is 31.2 Å². The van der Waals surface area contributed by atoms with Crippen molar-refractivity contribution in [2.24, 2.45) is 0 Å². The molecule has 2 aromatic rings. The zero-order chi connectivity index (χ0) is 18.1. The molecule has 0 spiro atoms. The van der Waals surface area contributed by atoms with Crippen LogP contribution in [-0.2, 0) is 14.3 Å². The molecule has 0 atom stereocenters. The van der Waals surface area contributed by atoms with Crippen LogP contribution in [0.4, 0.5) is 5.69 Å². The molecule has 0 aliphatic carbocycles. The Morgan fingerprint density at radius 3 is 2.48 bits per heavy atom. The van der Waals surface area contributed by atoms with Crippen molar-refractivity contribution >= 4 is 23.3 Å². The van der Waals surface area contributed by atoms with E-state index in [1.807, 2.05) is 18.2 Å². The molecule has 0 unspecified atom stereocenters. The second-order valence-corrected chi connectivity index (χ2v) is 5.26. The third-order valence-corrected chi connectivity index (χ3v) is 3.24. The molecule has 25 heavy (non-hydrogen) atoms. The number of carbonyl (C=O) groups excluding carboxylic acids is 3. The molecule has 130 valence electrons. The highest BCUT2D eigenvalue weighted by Gasteiger charge is 2.09. The summed E-state index contributed by atoms with van der Waals surface area (Å²) in [6.45, 7) is 1.22. The molecule has 2 aromatic carbocycles. The highest BCUT2D eigenvalue weighted by molar-refractivity contribution is 5.97. The minimum atomic E-state index is -0.524. The van der Waals surface area contributed by atoms with Gasteiger partial charge < -0.3 is 14.8 Å². The molecule has 0 aliphatic heterocycles. The minimum Gasteiger partial charge on any atom is -0.493 e. The zero-order valence-electron chi connectivity index (χ0n) is 13.9. The number of amides is 1. The van der Waals surface area contributed by atoms with Gasteiger partial charge in [-0.1, -0.05) is 30.3 Å². The summed E-state index contributed by atoms with van der Waals surface area (Å²) in [5.74, 6) is -0.430. The topological polar surface area (TPSA) is 81.7 Å². The van der Waals surface area contributed by atoms with Crippen LogP contribution in [-0.4, -0.2) is 30.9 Å². The van der Waals surface area contributed by atoms with E-state index >= 15 is 0 Å². The zero-order valence-corrected chi connectivity index (χ0v) is 13.9. The van der Waals surface area contributed by atoms with Gasteiger partial charge >= 0.3 is 5.97 Å². The number of benzene rings is 2. The van der Waals surface area contributed by atoms with Gasteiger partial charge in [0.25, 0.3) is 5.91 Å². The Hall–Kier alpha value is -3.15. The van der Waals surface area contributed by atoms with E-state index < -0.39 is 18.5 Å². The van der Waals surface area contributed by atoms with Crippen molar-refractivity contribution in [1.82, 2.24) is 0 Å². The lowest BCUT2D eigenvalue weighted by Gasteiger charge is -2.08. The normalized spacial score (nSPS) is 9.96. The van der Waals surface area contributed by atoms with Crippen molar-refractivity contribution in [3.63, 3.8) is 0 Å². The van der Waals surface area contributed by atoms with Crippen molar-refractivity contribution < 1.29 is 23.9 Å². The Morgan fingerprint density at radius 1 is 1.00 bits per heavy atom. The molecule has 1 N–H and O–H groups in total. The predicted molar refractivity (Wildman–Crippen MR) is 92.6 cm³/mol. The summed E-state index contributed by atoms with van der Waals surface area (Å²) in [6.07, 6.45) is 0.0436. The Balaban J connectivity index is 1.69. The number of carbonyl (C=O) groups is 3. The van der Waals surface area contributed by atoms with Gasteiger partial charge in [0.05, 0.1) is 13.0 Å². The lowest BCUT2D eigenvalue weighted by molar-refractivity contribution is -0.147. The number of ketones is 1. The van der Waals surface area contributed by atoms with Crippen LogP contribution in [0.2, 0.25) is 0 Å². The summed E-state index contributed by atoms with van der Waals surface area (Å²) >= 11 is 0. The molecule has 0 bridgehead atoms. The van der Waals surface area contributed by atoms with Crippen molar-refractivity contribution in [2.75, 3.05) is 18.5 Å². The molecule has 2 rings (SSSR count). The summed E-state index contributed by atoms with van der Waals surface area (Å²) in [5, 5.41) is 2.57. The predicted octanol–water partition coefficient (Wildman–Crippen LogP) is 2.84. The molecule has 0 aromatic heterocycles. The van der Waals surface area contributed by atoms with E-state index in [0.29, 0.717) is 17.0 Å². The van der Waals surface area contributed by atoms with Gasteiger partial charge in [-0.2, -0.15) is 0 Å². The standard InChI is InChI=1S/C19H19NO5/c1-14(21)15-6-5-7-16(12-15)20-18(22)13-25-19(23)10-11-24-17-8-3-2-4-9-17/h2-9,12H,10-11,13H2,1H3,(H,20,22). The molecule has 6 nitrogen and oxygen atoms in total. The first-order valence-electron chi connectivity index (χ1n) is 7.79. The van der Waals surface area contributed by atoms with Gasteiger partial charge in [-0.25, -0.2) is 0 Å². The lowest BCUT2D eigenvalue weighted by atomic mass is 10.1. The van der Waals surface area contributed by atoms with Gasteiger partial charge in [0.2, 0.25) is 0 Å². The maximum Gasteiger partial charge on any atom is 0.309 e. The number of para-hydroxylation sites is 1. The Labute approximate surface area is 145 Å². The fraction of sp³-hybridized carbons (Fsp3) is 0.211. The van der Waals surface area contributed by atoms with Crippen LogP contribution in [0.15, 0.2) is 54.6 Å². The average molecular weight is 341 g/mol. The van der Waals surface area contributed by atoms with Gasteiger partial charge in [0.15, 0.2) is 12.4 Å². The molecule has 0 saturated heterocycles. The second kappa shape index (κ2) is 9.22. The SMILES string of the molecule is CC(=O)c1cccc(NC(=O)COC(=O)CCOc2ccccc2)c1. The van der Waals surface area contributed by atoms with Gasteiger partial charge in [-0.3, -0.25) is 14.4 Å². The van der Waals surface area contributed by atoms with E-state index in [-0.39, 0.29) is 18.8 Å². The van der Waals surface area contributed by atoms with E-state index in [1.54, 1.807) is 36.4 Å². The number of hydrogen-bond acceptors (Lipinski definition) is 5. The first-order chi connectivity index (χ1) is 12.0. The number of nitrogens with one attached hydrogen (secondary N) is 1. The van der Waals surface area contributed by atoms with Crippen molar-refractivity contribution in [3.8, 4) is 5.75 Å². The lowest BCUT2D eigenvalue weighted by Crippen LogP contribution is -2.21. The molecule has 0 radical (unpaired) electrons. The van der Waals surface area contributed by atoms with E-state index in [1.165, 1.54) is 6.92 Å². The molecule has 1 amide bonds. The molecular formula is C19H19NO5. The molecule has 6 heteroatoms. The van der Waals surface area contributed by atoms with E-state index in [9.17, 15) is 14.4 Å². The summed E-state index contributed by atoms with van der Waals surface area (Å²) in [7, 11) is 0. The van der Waals surface area contributed by atoms with Crippen molar-refractivity contribution in [2.45, 2.75) is 13.3 Å². The maximum absolute atomic E-state index is 11.8. The van der Waals surface area contributed by atoms with Crippen LogP contribution in [0.5, 0.6) is 5.75 Å². The van der Waals surface area contributed by atoms with Gasteiger partial charge in [0.1, 0.15) is 5.75 Å². The van der Waals surface area contributed by atoms with E-state index in [0.717, 1.165) is 0 Å². The molecule has 0 heterocycles. The second-order valence-electron chi connectivity index (χ2n) is 5.26. The highest BCUT2D eigenvalue weighted by Crippen LogP contribution is 2.11. The number of hydrogen-bond donors (Lipinski definition) is 1. The fourth-order valence-corrected chi connectivity index (χ4v) is 2.00. The first kappa shape index (κ1) is 18.2. The molecular weight excluding hydrogens is 322 g/mol. The first-order valence-corrected chi connectivity index (χ1v) is 7.79.